The van der Waals surface area contributed by atoms with Crippen LogP contribution in [0, 0.1) is 13.8 Å². The Hall–Kier alpha value is -4.14. The molecule has 0 saturated carbocycles. The summed E-state index contributed by atoms with van der Waals surface area (Å²) in [7, 11) is 7.73. The zero-order chi connectivity index (χ0) is 37.0. The van der Waals surface area contributed by atoms with Gasteiger partial charge in [0.2, 0.25) is 6.79 Å². The Morgan fingerprint density at radius 2 is 1.77 bits per heavy atom. The van der Waals surface area contributed by atoms with E-state index in [-0.39, 0.29) is 42.5 Å². The molecule has 0 amide bonds. The van der Waals surface area contributed by atoms with Crippen LogP contribution in [-0.2, 0) is 4.79 Å². The van der Waals surface area contributed by atoms with E-state index in [2.05, 4.69) is 39.2 Å². The van der Waals surface area contributed by atoms with Gasteiger partial charge in [-0.25, -0.2) is 0 Å². The summed E-state index contributed by atoms with van der Waals surface area (Å²) in [5, 5.41) is 26.2. The van der Waals surface area contributed by atoms with Crippen molar-refractivity contribution in [3.63, 3.8) is 0 Å². The molecule has 3 aromatic carbocycles. The van der Waals surface area contributed by atoms with Gasteiger partial charge in [-0.1, -0.05) is 24.3 Å². The molecule has 0 bridgehead atoms. The normalized spacial score (nSPS) is 24.5. The van der Waals surface area contributed by atoms with Crippen LogP contribution in [0.5, 0.6) is 28.7 Å². The van der Waals surface area contributed by atoms with Gasteiger partial charge in [-0.2, -0.15) is 0 Å². The van der Waals surface area contributed by atoms with Crippen molar-refractivity contribution in [3.05, 3.63) is 75.5 Å². The van der Waals surface area contributed by atoms with Crippen molar-refractivity contribution < 1.29 is 34.0 Å². The largest absolute Gasteiger partial charge is 0.504 e. The van der Waals surface area contributed by atoms with E-state index in [1.165, 1.54) is 12.5 Å². The molecule has 5 unspecified atom stereocenters. The Labute approximate surface area is 309 Å². The maximum atomic E-state index is 12.8. The molecular weight excluding hydrogens is 683 g/mol. The topological polar surface area (TPSA) is 142 Å². The van der Waals surface area contributed by atoms with Crippen molar-refractivity contribution in [2.45, 2.75) is 56.6 Å². The number of aliphatic hydroxyl groups excluding tert-OH is 1. The highest BCUT2D eigenvalue weighted by molar-refractivity contribution is 7.99. The minimum atomic E-state index is -0.494. The number of aryl methyl sites for hydroxylation is 1. The van der Waals surface area contributed by atoms with Crippen molar-refractivity contribution >= 4 is 29.0 Å². The third kappa shape index (κ3) is 5.92. The van der Waals surface area contributed by atoms with Crippen molar-refractivity contribution in [1.82, 2.24) is 20.0 Å². The van der Waals surface area contributed by atoms with Crippen molar-refractivity contribution in [3.8, 4) is 28.7 Å². The summed E-state index contributed by atoms with van der Waals surface area (Å²) in [5.41, 5.74) is 14.1. The number of methoxy groups -OCH3 is 1. The first-order chi connectivity index (χ1) is 25.0. The van der Waals surface area contributed by atoms with E-state index in [1.807, 2.05) is 52.2 Å². The number of fused-ring (bicyclic) bond motifs is 4. The standard InChI is InChI=1S/C39H49N5O7S/c1-20-8-13-26(34(47)35(20)48-7)32-33-39(52-17-28-31(41-4)25(14-15-42(28)5)23-9-11-24(40)12-10-23)30-29(27(16-45)44(33)18-43(32)6)38-37(49-19-50-38)21(2)36(30)51-22(3)46/h8-13,27-28,32-33,39,41,45,47H,14-19,40H2,1-7H3. The summed E-state index contributed by atoms with van der Waals surface area (Å²) >= 11 is 1.79. The van der Waals surface area contributed by atoms with Gasteiger partial charge in [0, 0.05) is 65.9 Å². The molecule has 4 aliphatic heterocycles. The van der Waals surface area contributed by atoms with Crippen LogP contribution in [0.3, 0.4) is 0 Å². The van der Waals surface area contributed by atoms with E-state index in [1.54, 1.807) is 18.9 Å². The second-order valence-corrected chi connectivity index (χ2v) is 15.3. The summed E-state index contributed by atoms with van der Waals surface area (Å²) in [6.07, 6.45) is 0.888. The van der Waals surface area contributed by atoms with Crippen LogP contribution in [0.15, 0.2) is 42.1 Å². The molecule has 52 heavy (non-hydrogen) atoms. The van der Waals surface area contributed by atoms with Crippen LogP contribution in [0.4, 0.5) is 5.69 Å². The molecule has 5 atom stereocenters. The van der Waals surface area contributed by atoms with E-state index < -0.39 is 12.0 Å². The smallest absolute Gasteiger partial charge is 0.308 e. The van der Waals surface area contributed by atoms with Crippen LogP contribution < -0.4 is 30.0 Å². The zero-order valence-corrected chi connectivity index (χ0v) is 31.7. The van der Waals surface area contributed by atoms with Gasteiger partial charge in [0.25, 0.3) is 0 Å². The van der Waals surface area contributed by atoms with Crippen LogP contribution in [0.2, 0.25) is 0 Å². The average molecular weight is 732 g/mol. The predicted molar refractivity (Wildman–Crippen MR) is 202 cm³/mol. The first-order valence-corrected chi connectivity index (χ1v) is 18.7. The van der Waals surface area contributed by atoms with Gasteiger partial charge in [0.05, 0.1) is 43.8 Å². The number of nitrogen functional groups attached to an aromatic ring is 1. The molecule has 0 spiro atoms. The average Bonchev–Trinajstić information content (AvgIpc) is 3.74. The first kappa shape index (κ1) is 36.2. The number of nitrogens with zero attached hydrogens (tertiary/aromatic N) is 3. The number of esters is 1. The summed E-state index contributed by atoms with van der Waals surface area (Å²) < 4.78 is 23.9. The fourth-order valence-corrected chi connectivity index (χ4v) is 10.5. The zero-order valence-electron chi connectivity index (χ0n) is 30.9. The van der Waals surface area contributed by atoms with Crippen LogP contribution in [-0.4, -0.2) is 104 Å². The molecule has 4 heterocycles. The number of nitrogens with two attached hydrogens (primary N) is 1. The lowest BCUT2D eigenvalue weighted by Crippen LogP contribution is -2.47. The van der Waals surface area contributed by atoms with E-state index in [0.717, 1.165) is 52.2 Å². The number of thioether (sulfide) groups is 1. The second-order valence-electron chi connectivity index (χ2n) is 14.1. The molecule has 3 aromatic rings. The molecule has 13 heteroatoms. The molecule has 4 aliphatic rings. The molecule has 7 rings (SSSR count). The SMILES string of the molecule is CNC1=C(c2ccc(N)cc2)CCN(C)C1CSC1c2c(OC(C)=O)c(C)c3c(c2C(CO)N2CN(C)C(c4ccc(C)c(OC)c4O)C12)OCO3. The maximum absolute atomic E-state index is 12.8. The van der Waals surface area contributed by atoms with Crippen molar-refractivity contribution in [1.29, 1.82) is 0 Å². The van der Waals surface area contributed by atoms with E-state index in [9.17, 15) is 15.0 Å². The van der Waals surface area contributed by atoms with Crippen LogP contribution in [0.25, 0.3) is 5.57 Å². The molecule has 12 nitrogen and oxygen atoms in total. The van der Waals surface area contributed by atoms with E-state index in [4.69, 9.17) is 24.7 Å². The number of hydrogen-bond acceptors (Lipinski definition) is 13. The van der Waals surface area contributed by atoms with E-state index >= 15 is 0 Å². The van der Waals surface area contributed by atoms with Gasteiger partial charge in [-0.15, -0.1) is 11.8 Å². The second kappa shape index (κ2) is 14.4. The summed E-state index contributed by atoms with van der Waals surface area (Å²) in [4.78, 5) is 19.7. The number of phenolic OH excluding ortho intramolecular Hbond substituents is 1. The molecule has 0 aromatic heterocycles. The molecule has 278 valence electrons. The Morgan fingerprint density at radius 3 is 2.44 bits per heavy atom. The first-order valence-electron chi connectivity index (χ1n) is 17.7. The number of benzene rings is 3. The van der Waals surface area contributed by atoms with Crippen molar-refractivity contribution in [2.24, 2.45) is 0 Å². The highest BCUT2D eigenvalue weighted by Crippen LogP contribution is 2.62. The fourth-order valence-electron chi connectivity index (χ4n) is 8.75. The number of rotatable bonds is 9. The quantitative estimate of drug-likeness (QED) is 0.137. The van der Waals surface area contributed by atoms with Crippen LogP contribution >= 0.6 is 11.8 Å². The molecule has 0 aliphatic carbocycles. The number of likely N-dealkylation sites (N-methyl/N-ethyl adjacent to an activating group) is 3. The predicted octanol–water partition coefficient (Wildman–Crippen LogP) is 4.72. The molecule has 5 N–H and O–H groups in total. The Morgan fingerprint density at radius 1 is 1.04 bits per heavy atom. The van der Waals surface area contributed by atoms with Gasteiger partial charge in [-0.05, 0) is 63.2 Å². The third-order valence-corrected chi connectivity index (χ3v) is 12.5. The number of hydrogen-bond donors (Lipinski definition) is 4. The lowest BCUT2D eigenvalue weighted by Gasteiger charge is -2.46. The highest BCUT2D eigenvalue weighted by Gasteiger charge is 2.55. The molecule has 0 radical (unpaired) electrons. The van der Waals surface area contributed by atoms with Gasteiger partial charge >= 0.3 is 5.97 Å². The fraction of sp³-hybridized carbons (Fsp3) is 0.462. The van der Waals surface area contributed by atoms with Crippen molar-refractivity contribution in [2.75, 3.05) is 66.4 Å². The van der Waals surface area contributed by atoms with Gasteiger partial charge in [-0.3, -0.25) is 19.5 Å². The Kier molecular flexibility index (Phi) is 10.0. The maximum Gasteiger partial charge on any atom is 0.308 e. The molecule has 1 saturated heterocycles. The Balaban J connectivity index is 1.41. The summed E-state index contributed by atoms with van der Waals surface area (Å²) in [5.74, 6) is 2.32. The van der Waals surface area contributed by atoms with Gasteiger partial charge in [0.1, 0.15) is 5.75 Å². The number of ether oxygens (including phenoxy) is 4. The minimum absolute atomic E-state index is 0.0292. The monoisotopic (exact) mass is 731 g/mol. The molecular formula is C39H49N5O7S. The summed E-state index contributed by atoms with van der Waals surface area (Å²) in [6, 6.07) is 11.0. The Bertz CT molecular complexity index is 1900. The van der Waals surface area contributed by atoms with Gasteiger partial charge < -0.3 is 40.2 Å². The minimum Gasteiger partial charge on any atom is -0.504 e. The number of aliphatic hydroxyl groups is 1. The number of phenols is 1. The lowest BCUT2D eigenvalue weighted by atomic mass is 9.81. The van der Waals surface area contributed by atoms with Crippen LogP contribution in [0.1, 0.15) is 64.1 Å². The lowest BCUT2D eigenvalue weighted by molar-refractivity contribution is -0.132. The molecule has 1 fully saturated rings. The number of carbonyl (C=O) groups is 1. The number of anilines is 1. The summed E-state index contributed by atoms with van der Waals surface area (Å²) in [6.45, 7) is 6.41. The number of nitrogens with one attached hydrogen (secondary N) is 1. The number of carbonyl (C=O) groups excluding carboxylic acids is 1. The highest BCUT2D eigenvalue weighted by atomic mass is 32.2. The number of aromatic hydroxyl groups is 1. The van der Waals surface area contributed by atoms with E-state index in [0.29, 0.717) is 41.0 Å². The third-order valence-electron chi connectivity index (χ3n) is 11.1. The van der Waals surface area contributed by atoms with Gasteiger partial charge in [0.15, 0.2) is 23.0 Å².